The van der Waals surface area contributed by atoms with Crippen molar-refractivity contribution < 1.29 is 15.3 Å². The van der Waals surface area contributed by atoms with Gasteiger partial charge >= 0.3 is 0 Å². The van der Waals surface area contributed by atoms with Gasteiger partial charge in [0, 0.05) is 11.5 Å². The molecule has 0 unspecified atom stereocenters. The van der Waals surface area contributed by atoms with Crippen molar-refractivity contribution in [3.05, 3.63) is 125 Å². The second-order valence-corrected chi connectivity index (χ2v) is 7.91. The largest absolute Gasteiger partial charge is 0.508 e. The van der Waals surface area contributed by atoms with Crippen molar-refractivity contribution in [2.24, 2.45) is 0 Å². The zero-order chi connectivity index (χ0) is 20.7. The van der Waals surface area contributed by atoms with Crippen molar-refractivity contribution >= 4 is 0 Å². The van der Waals surface area contributed by atoms with Gasteiger partial charge in [0.25, 0.3) is 0 Å². The van der Waals surface area contributed by atoms with Crippen LogP contribution in [0, 0.1) is 0 Å². The monoisotopic (exact) mass is 394 g/mol. The predicted molar refractivity (Wildman–Crippen MR) is 117 cm³/mol. The van der Waals surface area contributed by atoms with Gasteiger partial charge in [-0.15, -0.1) is 0 Å². The van der Waals surface area contributed by atoms with Gasteiger partial charge in [-0.1, -0.05) is 66.7 Å². The van der Waals surface area contributed by atoms with Crippen LogP contribution < -0.4 is 0 Å². The first kappa shape index (κ1) is 18.3. The Labute approximate surface area is 175 Å². The molecule has 4 aromatic rings. The lowest BCUT2D eigenvalue weighted by Crippen LogP contribution is -2.27. The molecule has 0 heterocycles. The molecule has 0 radical (unpaired) electrons. The number of rotatable bonds is 3. The molecule has 0 aliphatic heterocycles. The van der Waals surface area contributed by atoms with Gasteiger partial charge in [0.2, 0.25) is 0 Å². The summed E-state index contributed by atoms with van der Waals surface area (Å²) in [6.07, 6.45) is 0.706. The Balaban J connectivity index is 1.84. The zero-order valence-electron chi connectivity index (χ0n) is 16.4. The van der Waals surface area contributed by atoms with Crippen LogP contribution in [0.15, 0.2) is 97.1 Å². The minimum atomic E-state index is -0.659. The third-order valence-corrected chi connectivity index (χ3v) is 6.31. The topological polar surface area (TPSA) is 60.7 Å². The quantitative estimate of drug-likeness (QED) is 0.419. The summed E-state index contributed by atoms with van der Waals surface area (Å²) in [4.78, 5) is 0. The molecule has 4 aromatic carbocycles. The van der Waals surface area contributed by atoms with Crippen LogP contribution in [0.1, 0.15) is 40.2 Å². The lowest BCUT2D eigenvalue weighted by Gasteiger charge is -2.33. The number of para-hydroxylation sites is 1. The lowest BCUT2D eigenvalue weighted by molar-refractivity contribution is 0.446. The number of benzene rings is 4. The maximum Gasteiger partial charge on any atom is 0.120 e. The smallest absolute Gasteiger partial charge is 0.120 e. The summed E-state index contributed by atoms with van der Waals surface area (Å²) in [6.45, 7) is 0. The van der Waals surface area contributed by atoms with E-state index in [9.17, 15) is 15.3 Å². The highest BCUT2D eigenvalue weighted by molar-refractivity contribution is 5.64. The van der Waals surface area contributed by atoms with Gasteiger partial charge in [-0.25, -0.2) is 0 Å². The molecular weight excluding hydrogens is 372 g/mol. The number of hydrogen-bond acceptors (Lipinski definition) is 3. The molecule has 0 saturated heterocycles. The second kappa shape index (κ2) is 6.96. The third kappa shape index (κ3) is 2.74. The summed E-state index contributed by atoms with van der Waals surface area (Å²) in [5, 5.41) is 31.2. The predicted octanol–water partition coefficient (Wildman–Crippen LogP) is 5.67. The standard InChI is InChI=1S/C27H22O3/c28-20-12-10-19(11-13-20)27(24-8-4-5-9-26(24)30)17-23(18-6-2-1-3-7-18)22-15-14-21(29)16-25(22)27/h1-16,23,28-30H,17H2/t23-,27-/m0/s1. The number of phenols is 3. The summed E-state index contributed by atoms with van der Waals surface area (Å²) in [7, 11) is 0. The van der Waals surface area contributed by atoms with Gasteiger partial charge < -0.3 is 15.3 Å². The number of fused-ring (bicyclic) bond motifs is 1. The van der Waals surface area contributed by atoms with Crippen LogP contribution >= 0.6 is 0 Å². The molecule has 30 heavy (non-hydrogen) atoms. The van der Waals surface area contributed by atoms with E-state index in [0.717, 1.165) is 22.3 Å². The van der Waals surface area contributed by atoms with E-state index in [-0.39, 0.29) is 23.2 Å². The van der Waals surface area contributed by atoms with Gasteiger partial charge in [-0.3, -0.25) is 0 Å². The maximum absolute atomic E-state index is 10.9. The van der Waals surface area contributed by atoms with Gasteiger partial charge in [-0.05, 0) is 59.0 Å². The summed E-state index contributed by atoms with van der Waals surface area (Å²) < 4.78 is 0. The average Bonchev–Trinajstić information content (AvgIpc) is 3.10. The highest BCUT2D eigenvalue weighted by atomic mass is 16.3. The Bertz CT molecular complexity index is 1200. The van der Waals surface area contributed by atoms with Crippen molar-refractivity contribution in [2.75, 3.05) is 0 Å². The first-order valence-electron chi connectivity index (χ1n) is 10.1. The Morgan fingerprint density at radius 1 is 0.633 bits per heavy atom. The summed E-state index contributed by atoms with van der Waals surface area (Å²) >= 11 is 0. The lowest BCUT2D eigenvalue weighted by atomic mass is 9.69. The summed E-state index contributed by atoms with van der Waals surface area (Å²) in [6, 6.07) is 30.4. The van der Waals surface area contributed by atoms with Crippen molar-refractivity contribution in [3.8, 4) is 17.2 Å². The normalized spacial score (nSPS) is 20.1. The van der Waals surface area contributed by atoms with Crippen LogP contribution in [-0.4, -0.2) is 15.3 Å². The number of aromatic hydroxyl groups is 3. The van der Waals surface area contributed by atoms with Crippen molar-refractivity contribution in [3.63, 3.8) is 0 Å². The molecule has 5 rings (SSSR count). The average molecular weight is 394 g/mol. The first-order chi connectivity index (χ1) is 14.6. The fourth-order valence-corrected chi connectivity index (χ4v) is 4.99. The van der Waals surface area contributed by atoms with E-state index in [1.807, 2.05) is 60.7 Å². The Kier molecular flexibility index (Phi) is 4.25. The van der Waals surface area contributed by atoms with E-state index < -0.39 is 5.41 Å². The molecule has 148 valence electrons. The number of hydrogen-bond donors (Lipinski definition) is 3. The van der Waals surface area contributed by atoms with Gasteiger partial charge in [0.1, 0.15) is 17.2 Å². The van der Waals surface area contributed by atoms with Gasteiger partial charge in [0.15, 0.2) is 0 Å². The molecule has 3 nitrogen and oxygen atoms in total. The van der Waals surface area contributed by atoms with Crippen molar-refractivity contribution in [2.45, 2.75) is 17.8 Å². The molecule has 0 amide bonds. The Morgan fingerprint density at radius 2 is 1.30 bits per heavy atom. The van der Waals surface area contributed by atoms with Crippen LogP contribution in [0.4, 0.5) is 0 Å². The summed E-state index contributed by atoms with van der Waals surface area (Å²) in [5.74, 6) is 0.713. The molecule has 0 fully saturated rings. The van der Waals surface area contributed by atoms with Crippen LogP contribution in [0.25, 0.3) is 0 Å². The Hall–Kier alpha value is -3.72. The van der Waals surface area contributed by atoms with Crippen molar-refractivity contribution in [1.82, 2.24) is 0 Å². The van der Waals surface area contributed by atoms with Crippen LogP contribution in [0.5, 0.6) is 17.2 Å². The molecule has 3 N–H and O–H groups in total. The molecule has 0 aromatic heterocycles. The van der Waals surface area contributed by atoms with Crippen molar-refractivity contribution in [1.29, 1.82) is 0 Å². The van der Waals surface area contributed by atoms with E-state index in [1.54, 1.807) is 24.3 Å². The molecule has 0 spiro atoms. The fourth-order valence-electron chi connectivity index (χ4n) is 4.99. The van der Waals surface area contributed by atoms with E-state index in [0.29, 0.717) is 6.42 Å². The van der Waals surface area contributed by atoms with E-state index in [1.165, 1.54) is 5.56 Å². The third-order valence-electron chi connectivity index (χ3n) is 6.31. The van der Waals surface area contributed by atoms with E-state index >= 15 is 0 Å². The van der Waals surface area contributed by atoms with Crippen LogP contribution in [0.2, 0.25) is 0 Å². The summed E-state index contributed by atoms with van der Waals surface area (Å²) in [5.41, 5.74) is 4.40. The van der Waals surface area contributed by atoms with Crippen LogP contribution in [0.3, 0.4) is 0 Å². The molecule has 1 aliphatic carbocycles. The van der Waals surface area contributed by atoms with Gasteiger partial charge in [-0.2, -0.15) is 0 Å². The Morgan fingerprint density at radius 3 is 2.03 bits per heavy atom. The highest BCUT2D eigenvalue weighted by Gasteiger charge is 2.48. The molecule has 1 aliphatic rings. The molecule has 0 bridgehead atoms. The van der Waals surface area contributed by atoms with Crippen LogP contribution in [-0.2, 0) is 5.41 Å². The molecule has 0 saturated carbocycles. The minimum absolute atomic E-state index is 0.107. The van der Waals surface area contributed by atoms with Gasteiger partial charge in [0.05, 0.1) is 5.41 Å². The SMILES string of the molecule is Oc1ccc([C@]2(c3ccccc3O)C[C@@H](c3ccccc3)c3ccc(O)cc32)cc1. The van der Waals surface area contributed by atoms with E-state index in [4.69, 9.17) is 0 Å². The highest BCUT2D eigenvalue weighted by Crippen LogP contribution is 2.57. The molecule has 2 atom stereocenters. The molecular formula is C27H22O3. The maximum atomic E-state index is 10.9. The minimum Gasteiger partial charge on any atom is -0.508 e. The number of phenolic OH excluding ortho intramolecular Hbond substituents is 3. The first-order valence-corrected chi connectivity index (χ1v) is 10.1. The van der Waals surface area contributed by atoms with E-state index in [2.05, 4.69) is 12.1 Å². The second-order valence-electron chi connectivity index (χ2n) is 7.91. The zero-order valence-corrected chi connectivity index (χ0v) is 16.4. The molecule has 3 heteroatoms. The fraction of sp³-hybridized carbons (Fsp3) is 0.111.